The first kappa shape index (κ1) is 8.72. The largest absolute Gasteiger partial charge is 0.493 e. The Morgan fingerprint density at radius 3 is 2.96 bits per heavy atom. The van der Waals surface area contributed by atoms with Crippen LogP contribution in [0.15, 0.2) is 42.5 Å². The molecule has 1 fully saturated rings. The number of hydrogen-bond donors (Lipinski definition) is 1. The fourth-order valence-electron chi connectivity index (χ4n) is 2.49. The molecule has 2 aliphatic heterocycles. The summed E-state index contributed by atoms with van der Waals surface area (Å²) in [5.41, 5.74) is 0.0747. The molecule has 0 spiro atoms. The summed E-state index contributed by atoms with van der Waals surface area (Å²) < 4.78 is 95.1. The van der Waals surface area contributed by atoms with Crippen LogP contribution < -0.4 is 19.5 Å². The van der Waals surface area contributed by atoms with Gasteiger partial charge < -0.3 is 19.5 Å². The summed E-state index contributed by atoms with van der Waals surface area (Å²) >= 11 is 0. The minimum absolute atomic E-state index is 0.0175. The molecule has 0 bridgehead atoms. The van der Waals surface area contributed by atoms with E-state index < -0.39 is 50.4 Å². The Kier molecular flexibility index (Phi) is 2.43. The smallest absolute Gasteiger partial charge is 0.231 e. The van der Waals surface area contributed by atoms with Crippen molar-refractivity contribution in [2.24, 2.45) is 5.89 Å². The first-order valence-electron chi connectivity index (χ1n) is 11.4. The van der Waals surface area contributed by atoms with Crippen LogP contribution in [0.1, 0.15) is 28.8 Å². The molecule has 2 aliphatic rings. The number of benzene rings is 2. The Balaban J connectivity index is 1.71. The van der Waals surface area contributed by atoms with E-state index in [0.717, 1.165) is 12.1 Å². The molecule has 4 nitrogen and oxygen atoms in total. The summed E-state index contributed by atoms with van der Waals surface area (Å²) in [6, 6.07) is 8.48. The second-order valence-corrected chi connectivity index (χ2v) is 5.27. The van der Waals surface area contributed by atoms with E-state index in [-0.39, 0.29) is 22.8 Å². The SMILES string of the molecule is [2H]C1([2H])C[C@@]([2H])(c2ccc(F)cc2)C([2H])(C([2H])([2H])Oc2ccc3c(c2)OC([2H])([2H])O3)CN1. The van der Waals surface area contributed by atoms with E-state index in [2.05, 4.69) is 5.32 Å². The summed E-state index contributed by atoms with van der Waals surface area (Å²) in [4.78, 5) is 0. The van der Waals surface area contributed by atoms with Crippen molar-refractivity contribution in [1.29, 1.82) is 0 Å². The Morgan fingerprint density at radius 2 is 2.08 bits per heavy atom. The molecule has 0 aliphatic carbocycles. The third-order valence-corrected chi connectivity index (χ3v) is 3.72. The van der Waals surface area contributed by atoms with Gasteiger partial charge in [-0.3, -0.25) is 0 Å². The van der Waals surface area contributed by atoms with Gasteiger partial charge in [0.2, 0.25) is 6.75 Å². The van der Waals surface area contributed by atoms with Crippen LogP contribution in [0.2, 0.25) is 0 Å². The number of halogens is 1. The third kappa shape index (κ3) is 3.17. The van der Waals surface area contributed by atoms with E-state index >= 15 is 0 Å². The van der Waals surface area contributed by atoms with Crippen LogP contribution in [-0.2, 0) is 0 Å². The van der Waals surface area contributed by atoms with Crippen LogP contribution >= 0.6 is 0 Å². The van der Waals surface area contributed by atoms with Crippen molar-refractivity contribution in [3.63, 3.8) is 0 Å². The number of hydrogen-bond acceptors (Lipinski definition) is 4. The average molecular weight is 337 g/mol. The lowest BCUT2D eigenvalue weighted by Gasteiger charge is -2.32. The lowest BCUT2D eigenvalue weighted by atomic mass is 9.81. The number of piperidine rings is 1. The number of rotatable bonds is 4. The lowest BCUT2D eigenvalue weighted by Crippen LogP contribution is -2.38. The van der Waals surface area contributed by atoms with Crippen molar-refractivity contribution in [3.05, 3.63) is 53.8 Å². The quantitative estimate of drug-likeness (QED) is 0.929. The molecule has 1 unspecified atom stereocenters. The van der Waals surface area contributed by atoms with Crippen molar-refractivity contribution in [3.8, 4) is 17.2 Å². The fraction of sp³-hybridized carbons (Fsp3) is 0.368. The summed E-state index contributed by atoms with van der Waals surface area (Å²) in [6.07, 6.45) is -0.584. The fourth-order valence-corrected chi connectivity index (χ4v) is 2.49. The number of ether oxygens (including phenoxy) is 3. The molecule has 1 saturated heterocycles. The van der Waals surface area contributed by atoms with Gasteiger partial charge in [-0.25, -0.2) is 4.39 Å². The molecule has 1 N–H and O–H groups in total. The molecule has 0 amide bonds. The Morgan fingerprint density at radius 1 is 1.25 bits per heavy atom. The van der Waals surface area contributed by atoms with E-state index in [9.17, 15) is 4.39 Å². The highest BCUT2D eigenvalue weighted by Gasteiger charge is 2.27. The highest BCUT2D eigenvalue weighted by atomic mass is 19.1. The summed E-state index contributed by atoms with van der Waals surface area (Å²) in [6.45, 7) is -7.85. The Labute approximate surface area is 151 Å². The number of fused-ring (bicyclic) bond motifs is 1. The van der Waals surface area contributed by atoms with Gasteiger partial charge in [0, 0.05) is 24.0 Å². The molecule has 5 heteroatoms. The van der Waals surface area contributed by atoms with Crippen LogP contribution in [0.4, 0.5) is 4.39 Å². The van der Waals surface area contributed by atoms with E-state index in [1.54, 1.807) is 0 Å². The van der Waals surface area contributed by atoms with Crippen LogP contribution in [0.3, 0.4) is 0 Å². The van der Waals surface area contributed by atoms with Crippen molar-refractivity contribution in [2.75, 3.05) is 26.3 Å². The van der Waals surface area contributed by atoms with E-state index in [4.69, 9.17) is 25.2 Å². The zero-order chi connectivity index (χ0) is 23.6. The molecule has 24 heavy (non-hydrogen) atoms. The zero-order valence-corrected chi connectivity index (χ0v) is 12.6. The molecular weight excluding hydrogens is 309 g/mol. The van der Waals surface area contributed by atoms with Crippen molar-refractivity contribution in [2.45, 2.75) is 12.3 Å². The van der Waals surface area contributed by atoms with Crippen LogP contribution in [0, 0.1) is 11.7 Å². The maximum atomic E-state index is 13.5. The second kappa shape index (κ2) is 6.69. The molecule has 126 valence electrons. The average Bonchev–Trinajstić information content (AvgIpc) is 2.98. The molecule has 2 aromatic carbocycles. The third-order valence-electron chi connectivity index (χ3n) is 3.72. The first-order chi connectivity index (χ1) is 14.7. The molecule has 0 aromatic heterocycles. The maximum absolute atomic E-state index is 13.5. The van der Waals surface area contributed by atoms with E-state index in [1.165, 1.54) is 30.3 Å². The molecule has 0 radical (unpaired) electrons. The summed E-state index contributed by atoms with van der Waals surface area (Å²) in [7, 11) is 0. The molecule has 4 rings (SSSR count). The minimum Gasteiger partial charge on any atom is -0.493 e. The molecular formula is C19H20FNO3. The molecule has 2 aromatic rings. The molecule has 2 atom stereocenters. The van der Waals surface area contributed by atoms with Crippen molar-refractivity contribution >= 4 is 0 Å². The second-order valence-electron chi connectivity index (χ2n) is 5.27. The van der Waals surface area contributed by atoms with Crippen molar-refractivity contribution in [1.82, 2.24) is 5.32 Å². The first-order valence-corrected chi connectivity index (χ1v) is 7.39. The maximum Gasteiger partial charge on any atom is 0.231 e. The van der Waals surface area contributed by atoms with Gasteiger partial charge in [-0.15, -0.1) is 0 Å². The highest BCUT2D eigenvalue weighted by Crippen LogP contribution is 2.36. The van der Waals surface area contributed by atoms with Gasteiger partial charge in [-0.05, 0) is 48.6 Å². The van der Waals surface area contributed by atoms with Gasteiger partial charge in [-0.2, -0.15) is 0 Å². The van der Waals surface area contributed by atoms with Crippen molar-refractivity contribution < 1.29 is 29.6 Å². The minimum atomic E-state index is -2.83. The van der Waals surface area contributed by atoms with Gasteiger partial charge in [0.1, 0.15) is 14.3 Å². The zero-order valence-electron chi connectivity index (χ0n) is 20.6. The molecule has 2 heterocycles. The normalized spacial score (nSPS) is 38.2. The lowest BCUT2D eigenvalue weighted by molar-refractivity contribution is 0.173. The molecule has 0 saturated carbocycles. The predicted molar refractivity (Wildman–Crippen MR) is 88.2 cm³/mol. The summed E-state index contributed by atoms with van der Waals surface area (Å²) in [5, 5.41) is 2.47. The van der Waals surface area contributed by atoms with E-state index in [1.807, 2.05) is 0 Å². The monoisotopic (exact) mass is 337 g/mol. The van der Waals surface area contributed by atoms with Crippen LogP contribution in [0.25, 0.3) is 0 Å². The Bertz CT molecular complexity index is 1040. The standard InChI is InChI=1S/C19H20FNO3/c20-15-3-1-13(2-4-15)17-7-8-21-10-14(17)11-22-16-5-6-18-19(9-16)24-12-23-18/h1-6,9,14,17,21H,7-8,10-12H2/t14?,17-/m0/s1/i8D2,11D2,12D2,14D,17D. The van der Waals surface area contributed by atoms with Gasteiger partial charge in [0.25, 0.3) is 0 Å². The van der Waals surface area contributed by atoms with Crippen LogP contribution in [-0.4, -0.2) is 26.3 Å². The Hall–Kier alpha value is -2.27. The predicted octanol–water partition coefficient (Wildman–Crippen LogP) is 3.33. The van der Waals surface area contributed by atoms with Gasteiger partial charge >= 0.3 is 0 Å². The van der Waals surface area contributed by atoms with Crippen LogP contribution in [0.5, 0.6) is 17.2 Å². The van der Waals surface area contributed by atoms with E-state index in [0.29, 0.717) is 0 Å². The highest BCUT2D eigenvalue weighted by molar-refractivity contribution is 5.46. The number of nitrogens with one attached hydrogen (secondary N) is 1. The topological polar surface area (TPSA) is 39.7 Å². The van der Waals surface area contributed by atoms with Gasteiger partial charge in [0.05, 0.1) is 9.30 Å². The summed E-state index contributed by atoms with van der Waals surface area (Å²) in [5.74, 6) is -5.12. The van der Waals surface area contributed by atoms with Gasteiger partial charge in [0.15, 0.2) is 11.5 Å². The van der Waals surface area contributed by atoms with Gasteiger partial charge in [-0.1, -0.05) is 12.1 Å².